The highest BCUT2D eigenvalue weighted by molar-refractivity contribution is 6.30. The number of piperazine rings is 1. The second-order valence-corrected chi connectivity index (χ2v) is 9.23. The van der Waals surface area contributed by atoms with Crippen molar-refractivity contribution in [3.8, 4) is 11.5 Å². The van der Waals surface area contributed by atoms with Gasteiger partial charge in [0.15, 0.2) is 11.5 Å². The van der Waals surface area contributed by atoms with Crippen molar-refractivity contribution in [2.45, 2.75) is 6.42 Å². The number of anilines is 2. The number of rotatable bonds is 6. The van der Waals surface area contributed by atoms with E-state index in [0.29, 0.717) is 17.4 Å². The molecule has 2 aliphatic rings. The van der Waals surface area contributed by atoms with E-state index in [0.717, 1.165) is 67.6 Å². The van der Waals surface area contributed by atoms with Crippen LogP contribution in [0.2, 0.25) is 5.02 Å². The number of halogens is 1. The summed E-state index contributed by atoms with van der Waals surface area (Å²) >= 11 is 6.17. The lowest BCUT2D eigenvalue weighted by Crippen LogP contribution is -2.48. The Labute approximate surface area is 199 Å². The van der Waals surface area contributed by atoms with Gasteiger partial charge in [-0.25, -0.2) is 9.97 Å². The fourth-order valence-electron chi connectivity index (χ4n) is 5.02. The Kier molecular flexibility index (Phi) is 6.42. The van der Waals surface area contributed by atoms with E-state index in [4.69, 9.17) is 21.1 Å². The molecule has 8 heteroatoms. The molecule has 2 saturated heterocycles. The van der Waals surface area contributed by atoms with Crippen LogP contribution in [0.3, 0.4) is 0 Å². The average molecular weight is 468 g/mol. The van der Waals surface area contributed by atoms with Gasteiger partial charge in [0.2, 0.25) is 0 Å². The van der Waals surface area contributed by atoms with Gasteiger partial charge in [-0.2, -0.15) is 0 Å². The van der Waals surface area contributed by atoms with Crippen LogP contribution in [0.5, 0.6) is 11.5 Å². The largest absolute Gasteiger partial charge is 0.493 e. The molecule has 1 unspecified atom stereocenters. The second kappa shape index (κ2) is 9.61. The third kappa shape index (κ3) is 4.66. The van der Waals surface area contributed by atoms with Gasteiger partial charge in [-0.1, -0.05) is 17.7 Å². The number of hydrogen-bond donors (Lipinski definition) is 0. The average Bonchev–Trinajstić information content (AvgIpc) is 3.31. The predicted molar refractivity (Wildman–Crippen MR) is 133 cm³/mol. The van der Waals surface area contributed by atoms with Gasteiger partial charge in [-0.15, -0.1) is 0 Å². The molecule has 1 aromatic heterocycles. The summed E-state index contributed by atoms with van der Waals surface area (Å²) in [6.07, 6.45) is 2.82. The van der Waals surface area contributed by atoms with Gasteiger partial charge in [0.1, 0.15) is 12.1 Å². The highest BCUT2D eigenvalue weighted by atomic mass is 35.5. The minimum atomic E-state index is 0.632. The molecule has 3 aromatic rings. The van der Waals surface area contributed by atoms with Crippen molar-refractivity contribution in [2.75, 3.05) is 69.8 Å². The Morgan fingerprint density at radius 3 is 2.48 bits per heavy atom. The number of hydrogen-bond acceptors (Lipinski definition) is 7. The van der Waals surface area contributed by atoms with Gasteiger partial charge in [0.05, 0.1) is 19.7 Å². The van der Waals surface area contributed by atoms with E-state index in [9.17, 15) is 0 Å². The molecule has 0 spiro atoms. The summed E-state index contributed by atoms with van der Waals surface area (Å²) in [5, 5.41) is 1.81. The fraction of sp³-hybridized carbons (Fsp3) is 0.440. The van der Waals surface area contributed by atoms with Crippen molar-refractivity contribution in [3.63, 3.8) is 0 Å². The zero-order chi connectivity index (χ0) is 22.8. The van der Waals surface area contributed by atoms with Gasteiger partial charge in [0, 0.05) is 68.0 Å². The lowest BCUT2D eigenvalue weighted by Gasteiger charge is -2.37. The minimum Gasteiger partial charge on any atom is -0.493 e. The van der Waals surface area contributed by atoms with Crippen LogP contribution in [0, 0.1) is 5.92 Å². The molecular formula is C25H30ClN5O2. The topological polar surface area (TPSA) is 54.0 Å². The van der Waals surface area contributed by atoms with E-state index < -0.39 is 0 Å². The van der Waals surface area contributed by atoms with Gasteiger partial charge >= 0.3 is 0 Å². The number of methoxy groups -OCH3 is 2. The third-order valence-corrected chi connectivity index (χ3v) is 7.00. The molecule has 33 heavy (non-hydrogen) atoms. The fourth-order valence-corrected chi connectivity index (χ4v) is 5.21. The molecule has 0 aliphatic carbocycles. The Balaban J connectivity index is 1.22. The van der Waals surface area contributed by atoms with Crippen LogP contribution in [0.15, 0.2) is 42.7 Å². The molecule has 3 heterocycles. The van der Waals surface area contributed by atoms with E-state index in [1.54, 1.807) is 20.5 Å². The zero-order valence-electron chi connectivity index (χ0n) is 19.2. The highest BCUT2D eigenvalue weighted by Crippen LogP contribution is 2.36. The van der Waals surface area contributed by atoms with E-state index >= 15 is 0 Å². The molecule has 2 aliphatic heterocycles. The van der Waals surface area contributed by atoms with Gasteiger partial charge in [0.25, 0.3) is 0 Å². The predicted octanol–water partition coefficient (Wildman–Crippen LogP) is 3.95. The van der Waals surface area contributed by atoms with Crippen molar-refractivity contribution < 1.29 is 9.47 Å². The van der Waals surface area contributed by atoms with Crippen LogP contribution in [0.1, 0.15) is 6.42 Å². The molecule has 5 rings (SSSR count). The number of aromatic nitrogens is 2. The first kappa shape index (κ1) is 22.0. The van der Waals surface area contributed by atoms with Crippen LogP contribution >= 0.6 is 11.6 Å². The molecule has 0 bridgehead atoms. The first-order chi connectivity index (χ1) is 16.1. The molecular weight excluding hydrogens is 438 g/mol. The lowest BCUT2D eigenvalue weighted by molar-refractivity contribution is 0.225. The number of fused-ring (bicyclic) bond motifs is 1. The first-order valence-corrected chi connectivity index (χ1v) is 11.9. The Bertz CT molecular complexity index is 1120. The Morgan fingerprint density at radius 2 is 1.73 bits per heavy atom. The molecule has 0 saturated carbocycles. The van der Waals surface area contributed by atoms with Gasteiger partial charge in [-0.05, 0) is 36.6 Å². The number of benzene rings is 2. The first-order valence-electron chi connectivity index (χ1n) is 11.5. The lowest BCUT2D eigenvalue weighted by atomic mass is 10.1. The normalized spacial score (nSPS) is 19.3. The van der Waals surface area contributed by atoms with Crippen molar-refractivity contribution in [1.82, 2.24) is 14.9 Å². The third-order valence-electron chi connectivity index (χ3n) is 6.77. The molecule has 174 valence electrons. The van der Waals surface area contributed by atoms with Crippen LogP contribution in [0.25, 0.3) is 10.9 Å². The molecule has 0 N–H and O–H groups in total. The van der Waals surface area contributed by atoms with E-state index in [1.165, 1.54) is 12.1 Å². The standard InChI is InChI=1S/C25H30ClN5O2/c1-32-23-13-21-22(14-24(23)33-2)27-17-28-25(21)31-7-6-18(16-31)15-29-8-10-30(11-9-29)20-5-3-4-19(26)12-20/h3-5,12-14,17-18H,6-11,15-16H2,1-2H3. The summed E-state index contributed by atoms with van der Waals surface area (Å²) in [4.78, 5) is 16.5. The Hall–Kier alpha value is -2.77. The zero-order valence-corrected chi connectivity index (χ0v) is 20.0. The van der Waals surface area contributed by atoms with Crippen molar-refractivity contribution >= 4 is 34.0 Å². The van der Waals surface area contributed by atoms with Gasteiger partial charge < -0.3 is 19.3 Å². The smallest absolute Gasteiger partial charge is 0.162 e. The maximum absolute atomic E-state index is 6.17. The minimum absolute atomic E-state index is 0.632. The SMILES string of the molecule is COc1cc2ncnc(N3CCC(CN4CCN(c5cccc(Cl)c5)CC4)C3)c2cc1OC. The molecule has 0 amide bonds. The Morgan fingerprint density at radius 1 is 0.939 bits per heavy atom. The molecule has 7 nitrogen and oxygen atoms in total. The van der Waals surface area contributed by atoms with E-state index in [2.05, 4.69) is 36.8 Å². The van der Waals surface area contributed by atoms with Crippen molar-refractivity contribution in [1.29, 1.82) is 0 Å². The van der Waals surface area contributed by atoms with Crippen LogP contribution in [0.4, 0.5) is 11.5 Å². The summed E-state index contributed by atoms with van der Waals surface area (Å²) in [6.45, 7) is 7.37. The molecule has 2 aromatic carbocycles. The van der Waals surface area contributed by atoms with Crippen LogP contribution in [-0.4, -0.2) is 74.9 Å². The van der Waals surface area contributed by atoms with Crippen molar-refractivity contribution in [2.24, 2.45) is 5.92 Å². The van der Waals surface area contributed by atoms with E-state index in [-0.39, 0.29) is 0 Å². The van der Waals surface area contributed by atoms with Crippen LogP contribution < -0.4 is 19.3 Å². The van der Waals surface area contributed by atoms with Gasteiger partial charge in [-0.3, -0.25) is 4.90 Å². The monoisotopic (exact) mass is 467 g/mol. The molecule has 0 radical (unpaired) electrons. The number of ether oxygens (including phenoxy) is 2. The quantitative estimate of drug-likeness (QED) is 0.544. The van der Waals surface area contributed by atoms with E-state index in [1.807, 2.05) is 24.3 Å². The molecule has 1 atom stereocenters. The summed E-state index contributed by atoms with van der Waals surface area (Å²) in [7, 11) is 3.30. The maximum atomic E-state index is 6.17. The van der Waals surface area contributed by atoms with Crippen molar-refractivity contribution in [3.05, 3.63) is 47.7 Å². The summed E-state index contributed by atoms with van der Waals surface area (Å²) in [5.41, 5.74) is 2.09. The summed E-state index contributed by atoms with van der Waals surface area (Å²) in [6, 6.07) is 12.1. The number of nitrogens with zero attached hydrogens (tertiary/aromatic N) is 5. The van der Waals surface area contributed by atoms with Crippen LogP contribution in [-0.2, 0) is 0 Å². The maximum Gasteiger partial charge on any atom is 0.162 e. The second-order valence-electron chi connectivity index (χ2n) is 8.79. The molecule has 2 fully saturated rings. The highest BCUT2D eigenvalue weighted by Gasteiger charge is 2.28. The summed E-state index contributed by atoms with van der Waals surface area (Å²) in [5.74, 6) is 3.00. The summed E-state index contributed by atoms with van der Waals surface area (Å²) < 4.78 is 11.0.